The molecule has 5 heteroatoms. The van der Waals surface area contributed by atoms with Crippen LogP contribution in [-0.4, -0.2) is 23.0 Å². The zero-order valence-electron chi connectivity index (χ0n) is 10.3. The van der Waals surface area contributed by atoms with Gasteiger partial charge in [-0.25, -0.2) is 4.79 Å². The third-order valence-corrected chi connectivity index (χ3v) is 2.60. The molecule has 1 aliphatic rings. The van der Waals surface area contributed by atoms with Gasteiger partial charge in [-0.2, -0.15) is 0 Å². The second-order valence-electron chi connectivity index (χ2n) is 3.58. The van der Waals surface area contributed by atoms with Crippen molar-refractivity contribution in [2.24, 2.45) is 0 Å². The van der Waals surface area contributed by atoms with Crippen molar-refractivity contribution in [3.8, 4) is 0 Å². The molecule has 80 valence electrons. The summed E-state index contributed by atoms with van der Waals surface area (Å²) in [4.78, 5) is 23.7. The van der Waals surface area contributed by atoms with Gasteiger partial charge in [-0.3, -0.25) is 9.69 Å². The van der Waals surface area contributed by atoms with Gasteiger partial charge in [0.2, 0.25) is 5.91 Å². The minimum Gasteiger partial charge on any atom is -1.00 e. The molecule has 0 unspecified atom stereocenters. The number of para-hydroxylation sites is 1. The summed E-state index contributed by atoms with van der Waals surface area (Å²) in [5, 5.41) is 9.01. The fourth-order valence-corrected chi connectivity index (χ4v) is 1.97. The molecule has 1 N–H and O–H groups in total. The van der Waals surface area contributed by atoms with Gasteiger partial charge < -0.3 is 6.53 Å². The van der Waals surface area contributed by atoms with Gasteiger partial charge in [0.1, 0.15) is 6.04 Å². The Bertz CT molecular complexity index is 438. The van der Waals surface area contributed by atoms with Crippen molar-refractivity contribution in [2.45, 2.75) is 19.4 Å². The molecule has 4 nitrogen and oxygen atoms in total. The molecule has 0 saturated heterocycles. The Morgan fingerprint density at radius 3 is 2.62 bits per heavy atom. The summed E-state index contributed by atoms with van der Waals surface area (Å²) < 4.78 is 0. The molecule has 1 amide bonds. The molecular formula is C11H12NNaO3. The summed E-state index contributed by atoms with van der Waals surface area (Å²) in [6.07, 6.45) is 0.394. The van der Waals surface area contributed by atoms with Crippen LogP contribution in [0, 0.1) is 0 Å². The maximum atomic E-state index is 11.4. The van der Waals surface area contributed by atoms with E-state index < -0.39 is 12.0 Å². The molecule has 0 spiro atoms. The molecule has 0 aliphatic carbocycles. The first-order valence-corrected chi connectivity index (χ1v) is 4.72. The van der Waals surface area contributed by atoms with Gasteiger partial charge in [-0.1, -0.05) is 18.2 Å². The van der Waals surface area contributed by atoms with E-state index in [2.05, 4.69) is 0 Å². The number of carboxylic acids is 1. The second kappa shape index (κ2) is 4.99. The molecular weight excluding hydrogens is 217 g/mol. The third-order valence-electron chi connectivity index (χ3n) is 2.60. The molecule has 0 aromatic heterocycles. The van der Waals surface area contributed by atoms with Gasteiger partial charge >= 0.3 is 35.5 Å². The molecule has 1 atom stereocenters. The summed E-state index contributed by atoms with van der Waals surface area (Å²) in [6, 6.07) is 6.54. The minimum absolute atomic E-state index is 0. The van der Waals surface area contributed by atoms with E-state index in [1.165, 1.54) is 11.8 Å². The SMILES string of the molecule is CC(=O)N1c2ccccc2C[C@@H]1C(=O)O.[H-].[Na+]. The number of nitrogens with zero attached hydrogens (tertiary/aromatic N) is 1. The molecule has 1 aromatic rings. The molecule has 0 fully saturated rings. The zero-order chi connectivity index (χ0) is 11.0. The monoisotopic (exact) mass is 229 g/mol. The van der Waals surface area contributed by atoms with Crippen LogP contribution in [0.1, 0.15) is 13.9 Å². The van der Waals surface area contributed by atoms with Crippen molar-refractivity contribution in [3.05, 3.63) is 29.8 Å². The van der Waals surface area contributed by atoms with Crippen LogP contribution in [0.15, 0.2) is 24.3 Å². The van der Waals surface area contributed by atoms with E-state index in [4.69, 9.17) is 5.11 Å². The van der Waals surface area contributed by atoms with Crippen molar-refractivity contribution in [2.75, 3.05) is 4.90 Å². The fourth-order valence-electron chi connectivity index (χ4n) is 1.97. The van der Waals surface area contributed by atoms with E-state index in [9.17, 15) is 9.59 Å². The van der Waals surface area contributed by atoms with Crippen molar-refractivity contribution < 1.29 is 45.7 Å². The van der Waals surface area contributed by atoms with Crippen LogP contribution in [0.2, 0.25) is 0 Å². The molecule has 0 saturated carbocycles. The predicted octanol–water partition coefficient (Wildman–Crippen LogP) is -1.83. The van der Waals surface area contributed by atoms with Crippen LogP contribution in [0.3, 0.4) is 0 Å². The molecule has 1 aliphatic heterocycles. The van der Waals surface area contributed by atoms with Crippen LogP contribution in [-0.2, 0) is 16.0 Å². The van der Waals surface area contributed by atoms with Crippen molar-refractivity contribution in [1.29, 1.82) is 0 Å². The molecule has 1 heterocycles. The number of aliphatic carboxylic acids is 1. The number of rotatable bonds is 1. The van der Waals surface area contributed by atoms with Crippen LogP contribution < -0.4 is 34.5 Å². The average Bonchev–Trinajstić information content (AvgIpc) is 2.56. The van der Waals surface area contributed by atoms with Gasteiger partial charge in [0.15, 0.2) is 0 Å². The van der Waals surface area contributed by atoms with E-state index in [1.54, 1.807) is 12.1 Å². The minimum atomic E-state index is -0.957. The Balaban J connectivity index is 0.00000128. The number of hydrogen-bond donors (Lipinski definition) is 1. The maximum Gasteiger partial charge on any atom is 1.00 e. The molecule has 2 rings (SSSR count). The summed E-state index contributed by atoms with van der Waals surface area (Å²) in [6.45, 7) is 1.39. The number of fused-ring (bicyclic) bond motifs is 1. The average molecular weight is 229 g/mol. The van der Waals surface area contributed by atoms with E-state index in [-0.39, 0.29) is 36.9 Å². The van der Waals surface area contributed by atoms with E-state index in [0.29, 0.717) is 6.42 Å². The quantitative estimate of drug-likeness (QED) is 0.576. The Morgan fingerprint density at radius 2 is 2.06 bits per heavy atom. The van der Waals surface area contributed by atoms with Crippen molar-refractivity contribution in [3.63, 3.8) is 0 Å². The fraction of sp³-hybridized carbons (Fsp3) is 0.273. The van der Waals surface area contributed by atoms with Crippen molar-refractivity contribution in [1.82, 2.24) is 0 Å². The van der Waals surface area contributed by atoms with E-state index in [1.807, 2.05) is 12.1 Å². The number of carboxylic acid groups (broad SMARTS) is 1. The van der Waals surface area contributed by atoms with Gasteiger partial charge in [-0.15, -0.1) is 0 Å². The smallest absolute Gasteiger partial charge is 1.00 e. The maximum absolute atomic E-state index is 11.4. The number of carbonyl (C=O) groups is 2. The Hall–Kier alpha value is -0.840. The molecule has 0 radical (unpaired) electrons. The van der Waals surface area contributed by atoms with Crippen LogP contribution in [0.4, 0.5) is 5.69 Å². The topological polar surface area (TPSA) is 57.6 Å². The first kappa shape index (κ1) is 13.2. The largest absolute Gasteiger partial charge is 1.00 e. The standard InChI is InChI=1S/C11H11NO3.Na.H/c1-7(13)12-9-5-3-2-4-8(9)6-10(12)11(14)15;;/h2-5,10H,6H2,1H3,(H,14,15);;/q;+1;-1/t10-;;/m1../s1. The molecule has 1 aromatic carbocycles. The summed E-state index contributed by atoms with van der Waals surface area (Å²) in [7, 11) is 0. The van der Waals surface area contributed by atoms with Crippen molar-refractivity contribution >= 4 is 17.6 Å². The first-order chi connectivity index (χ1) is 7.11. The Labute approximate surface area is 117 Å². The van der Waals surface area contributed by atoms with Gasteiger partial charge in [0, 0.05) is 19.0 Å². The van der Waals surface area contributed by atoms with Crippen LogP contribution in [0.5, 0.6) is 0 Å². The number of anilines is 1. The third kappa shape index (κ3) is 2.14. The number of carbonyl (C=O) groups excluding carboxylic acids is 1. The molecule has 0 bridgehead atoms. The van der Waals surface area contributed by atoms with Gasteiger partial charge in [0.25, 0.3) is 0 Å². The Morgan fingerprint density at radius 1 is 1.44 bits per heavy atom. The van der Waals surface area contributed by atoms with Crippen LogP contribution >= 0.6 is 0 Å². The second-order valence-corrected chi connectivity index (χ2v) is 3.58. The first-order valence-electron chi connectivity index (χ1n) is 4.72. The van der Waals surface area contributed by atoms with E-state index in [0.717, 1.165) is 11.3 Å². The predicted molar refractivity (Wildman–Crippen MR) is 55.8 cm³/mol. The number of benzene rings is 1. The number of amides is 1. The van der Waals surface area contributed by atoms with Crippen LogP contribution in [0.25, 0.3) is 0 Å². The summed E-state index contributed by atoms with van der Waals surface area (Å²) >= 11 is 0. The molecule has 16 heavy (non-hydrogen) atoms. The summed E-state index contributed by atoms with van der Waals surface area (Å²) in [5.74, 6) is -1.19. The van der Waals surface area contributed by atoms with Gasteiger partial charge in [0.05, 0.1) is 0 Å². The van der Waals surface area contributed by atoms with E-state index >= 15 is 0 Å². The Kier molecular flexibility index (Phi) is 4.13. The van der Waals surface area contributed by atoms with Gasteiger partial charge in [-0.05, 0) is 11.6 Å². The zero-order valence-corrected chi connectivity index (χ0v) is 11.3. The number of hydrogen-bond acceptors (Lipinski definition) is 2. The normalized spacial score (nSPS) is 17.6. The summed E-state index contributed by atoms with van der Waals surface area (Å²) in [5.41, 5.74) is 1.64.